The molecule has 150 valence electrons. The molecule has 2 unspecified atom stereocenters. The lowest BCUT2D eigenvalue weighted by Crippen LogP contribution is -2.41. The van der Waals surface area contributed by atoms with Crippen LogP contribution >= 0.6 is 0 Å². The summed E-state index contributed by atoms with van der Waals surface area (Å²) in [6, 6.07) is 0. The summed E-state index contributed by atoms with van der Waals surface area (Å²) in [7, 11) is 0. The molecule has 2 rings (SSSR count). The molecule has 0 aliphatic heterocycles. The molecule has 0 bridgehead atoms. The molecule has 0 aromatic heterocycles. The lowest BCUT2D eigenvalue weighted by atomic mass is 9.64. The molecule has 2 N–H and O–H groups in total. The van der Waals surface area contributed by atoms with E-state index in [-0.39, 0.29) is 5.57 Å². The normalized spacial score (nSPS) is 26.7. The van der Waals surface area contributed by atoms with Crippen LogP contribution in [0, 0.1) is 17.3 Å². The van der Waals surface area contributed by atoms with Crippen molar-refractivity contribution in [1.82, 2.24) is 0 Å². The summed E-state index contributed by atoms with van der Waals surface area (Å²) in [5.41, 5.74) is -0.216. The Kier molecular flexibility index (Phi) is 7.88. The molecule has 0 spiro atoms. The van der Waals surface area contributed by atoms with Gasteiger partial charge in [-0.1, -0.05) is 76.2 Å². The van der Waals surface area contributed by atoms with E-state index >= 15 is 0 Å². The van der Waals surface area contributed by atoms with Crippen LogP contribution in [0.5, 0.6) is 0 Å². The van der Waals surface area contributed by atoms with Crippen LogP contribution in [-0.2, 0) is 9.59 Å². The summed E-state index contributed by atoms with van der Waals surface area (Å²) >= 11 is 0. The molecular formula is C23H34O4. The number of aliphatic carboxylic acids is 2. The van der Waals surface area contributed by atoms with Gasteiger partial charge in [0.1, 0.15) is 0 Å². The largest absolute Gasteiger partial charge is 0.481 e. The van der Waals surface area contributed by atoms with Crippen LogP contribution in [0.2, 0.25) is 0 Å². The second-order valence-electron chi connectivity index (χ2n) is 8.19. The lowest BCUT2D eigenvalue weighted by Gasteiger charge is -2.38. The highest BCUT2D eigenvalue weighted by Crippen LogP contribution is 2.46. The van der Waals surface area contributed by atoms with E-state index in [1.54, 1.807) is 19.1 Å². The van der Waals surface area contributed by atoms with E-state index in [9.17, 15) is 19.8 Å². The van der Waals surface area contributed by atoms with Crippen LogP contribution in [0.3, 0.4) is 0 Å². The molecule has 0 aromatic carbocycles. The summed E-state index contributed by atoms with van der Waals surface area (Å²) in [6.45, 7) is 3.81. The first-order valence-corrected chi connectivity index (χ1v) is 10.4. The third kappa shape index (κ3) is 5.12. The first kappa shape index (κ1) is 21.5. The van der Waals surface area contributed by atoms with E-state index in [0.29, 0.717) is 24.3 Å². The molecule has 0 saturated heterocycles. The molecule has 1 saturated carbocycles. The number of carboxylic acid groups (broad SMARTS) is 2. The van der Waals surface area contributed by atoms with Crippen LogP contribution in [0.15, 0.2) is 35.5 Å². The molecule has 4 nitrogen and oxygen atoms in total. The lowest BCUT2D eigenvalue weighted by molar-refractivity contribution is -0.149. The molecule has 0 radical (unpaired) electrons. The highest BCUT2D eigenvalue weighted by molar-refractivity contribution is 5.92. The molecule has 2 aliphatic carbocycles. The van der Waals surface area contributed by atoms with E-state index in [4.69, 9.17) is 0 Å². The fourth-order valence-electron chi connectivity index (χ4n) is 4.65. The zero-order valence-electron chi connectivity index (χ0n) is 16.7. The molecule has 27 heavy (non-hydrogen) atoms. The van der Waals surface area contributed by atoms with Gasteiger partial charge in [-0.05, 0) is 37.7 Å². The van der Waals surface area contributed by atoms with E-state index in [1.165, 1.54) is 32.1 Å². The Morgan fingerprint density at radius 2 is 1.89 bits per heavy atom. The molecule has 1 fully saturated rings. The second-order valence-corrected chi connectivity index (χ2v) is 8.19. The number of unbranched alkanes of at least 4 members (excludes halogenated alkanes) is 1. The number of rotatable bonds is 9. The zero-order chi connectivity index (χ0) is 19.9. The molecular weight excluding hydrogens is 340 g/mol. The third-order valence-electron chi connectivity index (χ3n) is 6.32. The van der Waals surface area contributed by atoms with Gasteiger partial charge in [0.05, 0.1) is 5.41 Å². The highest BCUT2D eigenvalue weighted by atomic mass is 16.4. The van der Waals surface area contributed by atoms with Crippen molar-refractivity contribution in [2.45, 2.75) is 78.1 Å². The van der Waals surface area contributed by atoms with Gasteiger partial charge in [-0.25, -0.2) is 4.79 Å². The molecule has 4 heteroatoms. The Bertz CT molecular complexity index is 622. The standard InChI is InChI=1S/C23H34O4/c1-3-4-13-19-20(21(24)25)17(2)14-16-23(19,22(26)27)15-9-8-12-18-10-6-5-7-11-18/h8-9,14,16,18-19H,3-7,10-13,15H2,1-2H3,(H,24,25)(H,26,27). The smallest absolute Gasteiger partial charge is 0.332 e. The van der Waals surface area contributed by atoms with Crippen molar-refractivity contribution < 1.29 is 19.8 Å². The third-order valence-corrected chi connectivity index (χ3v) is 6.32. The Labute approximate surface area is 163 Å². The van der Waals surface area contributed by atoms with Crippen molar-refractivity contribution in [1.29, 1.82) is 0 Å². The first-order valence-electron chi connectivity index (χ1n) is 10.4. The average molecular weight is 375 g/mol. The van der Waals surface area contributed by atoms with Crippen LogP contribution in [0.25, 0.3) is 0 Å². The highest BCUT2D eigenvalue weighted by Gasteiger charge is 2.47. The van der Waals surface area contributed by atoms with Gasteiger partial charge in [0.25, 0.3) is 0 Å². The topological polar surface area (TPSA) is 74.6 Å². The SMILES string of the molecule is CCCCC1C(C(=O)O)=C(C)C=CC1(CC=CCC1CCCCC1)C(=O)O. The molecule has 2 atom stereocenters. The summed E-state index contributed by atoms with van der Waals surface area (Å²) in [5, 5.41) is 19.8. The van der Waals surface area contributed by atoms with Crippen LogP contribution in [0.4, 0.5) is 0 Å². The van der Waals surface area contributed by atoms with E-state index in [2.05, 4.69) is 6.08 Å². The quantitative estimate of drug-likeness (QED) is 0.504. The molecule has 2 aliphatic rings. The van der Waals surface area contributed by atoms with Gasteiger partial charge >= 0.3 is 11.9 Å². The maximum Gasteiger partial charge on any atom is 0.332 e. The minimum absolute atomic E-state index is 0.272. The van der Waals surface area contributed by atoms with Gasteiger partial charge in [-0.3, -0.25) is 4.79 Å². The second kappa shape index (κ2) is 9.91. The van der Waals surface area contributed by atoms with Gasteiger partial charge in [0, 0.05) is 11.5 Å². The van der Waals surface area contributed by atoms with Crippen molar-refractivity contribution in [2.75, 3.05) is 0 Å². The summed E-state index contributed by atoms with van der Waals surface area (Å²) in [4.78, 5) is 24.2. The van der Waals surface area contributed by atoms with Gasteiger partial charge in [0.15, 0.2) is 0 Å². The van der Waals surface area contributed by atoms with Gasteiger partial charge in [-0.15, -0.1) is 0 Å². The van der Waals surface area contributed by atoms with Gasteiger partial charge < -0.3 is 10.2 Å². The Morgan fingerprint density at radius 1 is 1.19 bits per heavy atom. The first-order chi connectivity index (χ1) is 12.9. The number of allylic oxidation sites excluding steroid dienone is 4. The van der Waals surface area contributed by atoms with Gasteiger partial charge in [-0.2, -0.15) is 0 Å². The van der Waals surface area contributed by atoms with Gasteiger partial charge in [0.2, 0.25) is 0 Å². The Hall–Kier alpha value is -1.84. The number of carboxylic acids is 2. The fourth-order valence-corrected chi connectivity index (χ4v) is 4.65. The van der Waals surface area contributed by atoms with E-state index < -0.39 is 23.3 Å². The summed E-state index contributed by atoms with van der Waals surface area (Å²) in [6.07, 6.45) is 17.7. The monoisotopic (exact) mass is 374 g/mol. The van der Waals surface area contributed by atoms with E-state index in [0.717, 1.165) is 19.3 Å². The average Bonchev–Trinajstić information content (AvgIpc) is 2.65. The predicted molar refractivity (Wildman–Crippen MR) is 108 cm³/mol. The predicted octanol–water partition coefficient (Wildman–Crippen LogP) is 5.75. The minimum Gasteiger partial charge on any atom is -0.481 e. The maximum absolute atomic E-state index is 12.3. The van der Waals surface area contributed by atoms with Crippen molar-refractivity contribution in [3.05, 3.63) is 35.5 Å². The van der Waals surface area contributed by atoms with Crippen molar-refractivity contribution in [3.63, 3.8) is 0 Å². The summed E-state index contributed by atoms with van der Waals surface area (Å²) in [5.74, 6) is -1.69. The zero-order valence-corrected chi connectivity index (χ0v) is 16.7. The van der Waals surface area contributed by atoms with Crippen molar-refractivity contribution in [2.24, 2.45) is 17.3 Å². The molecule has 0 amide bonds. The maximum atomic E-state index is 12.3. The Morgan fingerprint density at radius 3 is 2.48 bits per heavy atom. The molecule has 0 aromatic rings. The van der Waals surface area contributed by atoms with Crippen LogP contribution in [-0.4, -0.2) is 22.2 Å². The van der Waals surface area contributed by atoms with Crippen molar-refractivity contribution >= 4 is 11.9 Å². The van der Waals surface area contributed by atoms with Crippen LogP contribution in [0.1, 0.15) is 78.1 Å². The van der Waals surface area contributed by atoms with E-state index in [1.807, 2.05) is 13.0 Å². The summed E-state index contributed by atoms with van der Waals surface area (Å²) < 4.78 is 0. The van der Waals surface area contributed by atoms with Crippen molar-refractivity contribution in [3.8, 4) is 0 Å². The number of hydrogen-bond acceptors (Lipinski definition) is 2. The fraction of sp³-hybridized carbons (Fsp3) is 0.652. The van der Waals surface area contributed by atoms with Crippen LogP contribution < -0.4 is 0 Å². The minimum atomic E-state index is -1.16. The molecule has 0 heterocycles. The Balaban J connectivity index is 2.21. The number of hydrogen-bond donors (Lipinski definition) is 2. The number of carbonyl (C=O) groups is 2.